The van der Waals surface area contributed by atoms with Gasteiger partial charge in [-0.15, -0.1) is 0 Å². The molecule has 1 fully saturated rings. The second-order valence-corrected chi connectivity index (χ2v) is 5.52. The number of aliphatic hydroxyl groups is 1. The van der Waals surface area contributed by atoms with Crippen LogP contribution in [0.5, 0.6) is 0 Å². The van der Waals surface area contributed by atoms with E-state index in [-0.39, 0.29) is 5.92 Å². The molecule has 0 amide bonds. The SMILES string of the molecule is CC.OC(c1ccccc1)(c1ccccc1)C1CCNCC1. The molecule has 0 spiro atoms. The molecule has 118 valence electrons. The van der Waals surface area contributed by atoms with E-state index in [1.807, 2.05) is 74.5 Å². The Morgan fingerprint density at radius 2 is 1.23 bits per heavy atom. The molecule has 2 aromatic rings. The van der Waals surface area contributed by atoms with Crippen molar-refractivity contribution in [2.24, 2.45) is 5.92 Å². The number of benzene rings is 2. The van der Waals surface area contributed by atoms with Gasteiger partial charge >= 0.3 is 0 Å². The molecule has 0 radical (unpaired) electrons. The van der Waals surface area contributed by atoms with Gasteiger partial charge in [-0.25, -0.2) is 0 Å². The topological polar surface area (TPSA) is 32.3 Å². The minimum atomic E-state index is -0.884. The van der Waals surface area contributed by atoms with Gasteiger partial charge in [-0.1, -0.05) is 74.5 Å². The average Bonchev–Trinajstić information content (AvgIpc) is 2.65. The molecular weight excluding hydrogens is 270 g/mol. The summed E-state index contributed by atoms with van der Waals surface area (Å²) in [6.07, 6.45) is 2.00. The Hall–Kier alpha value is -1.64. The van der Waals surface area contributed by atoms with Gasteiger partial charge in [-0.3, -0.25) is 0 Å². The fourth-order valence-electron chi connectivity index (χ4n) is 3.26. The smallest absolute Gasteiger partial charge is 0.117 e. The average molecular weight is 297 g/mol. The maximum atomic E-state index is 11.6. The lowest BCUT2D eigenvalue weighted by atomic mass is 9.72. The van der Waals surface area contributed by atoms with Gasteiger partial charge in [-0.2, -0.15) is 0 Å². The molecule has 2 N–H and O–H groups in total. The molecule has 0 saturated carbocycles. The van der Waals surface area contributed by atoms with Gasteiger partial charge in [0.2, 0.25) is 0 Å². The Morgan fingerprint density at radius 3 is 1.64 bits per heavy atom. The molecule has 0 atom stereocenters. The monoisotopic (exact) mass is 297 g/mol. The highest BCUT2D eigenvalue weighted by atomic mass is 16.3. The number of rotatable bonds is 3. The number of nitrogens with one attached hydrogen (secondary N) is 1. The Labute approximate surface area is 134 Å². The standard InChI is InChI=1S/C18H21NO.C2H6/c20-18(15-7-3-1-4-8-15,16-9-5-2-6-10-16)17-11-13-19-14-12-17;1-2/h1-10,17,19-20H,11-14H2;1-2H3. The van der Waals surface area contributed by atoms with Crippen molar-refractivity contribution in [1.29, 1.82) is 0 Å². The van der Waals surface area contributed by atoms with E-state index in [1.54, 1.807) is 0 Å². The predicted molar refractivity (Wildman–Crippen MR) is 92.8 cm³/mol. The first-order valence-corrected chi connectivity index (χ1v) is 8.36. The normalized spacial score (nSPS) is 15.8. The number of piperidine rings is 1. The first-order chi connectivity index (χ1) is 10.8. The van der Waals surface area contributed by atoms with E-state index < -0.39 is 5.60 Å². The predicted octanol–water partition coefficient (Wildman–Crippen LogP) is 3.95. The molecule has 22 heavy (non-hydrogen) atoms. The summed E-state index contributed by atoms with van der Waals surface area (Å²) in [5.74, 6) is 0.258. The highest BCUT2D eigenvalue weighted by Crippen LogP contribution is 2.40. The van der Waals surface area contributed by atoms with Crippen molar-refractivity contribution in [2.45, 2.75) is 32.3 Å². The molecule has 1 saturated heterocycles. The van der Waals surface area contributed by atoms with Gasteiger partial charge in [0.05, 0.1) is 0 Å². The van der Waals surface area contributed by atoms with Gasteiger partial charge < -0.3 is 10.4 Å². The molecule has 3 rings (SSSR count). The van der Waals surface area contributed by atoms with Gasteiger partial charge in [0.25, 0.3) is 0 Å². The maximum absolute atomic E-state index is 11.6. The Morgan fingerprint density at radius 1 is 0.818 bits per heavy atom. The summed E-state index contributed by atoms with van der Waals surface area (Å²) in [6.45, 7) is 5.96. The first kappa shape index (κ1) is 16.7. The van der Waals surface area contributed by atoms with Crippen LogP contribution in [-0.4, -0.2) is 18.2 Å². The van der Waals surface area contributed by atoms with Gasteiger partial charge in [-0.05, 0) is 43.0 Å². The lowest BCUT2D eigenvalue weighted by molar-refractivity contribution is 0.00236. The molecule has 0 aliphatic carbocycles. The molecule has 2 nitrogen and oxygen atoms in total. The maximum Gasteiger partial charge on any atom is 0.117 e. The summed E-state index contributed by atoms with van der Waals surface area (Å²) in [5, 5.41) is 14.9. The third kappa shape index (κ3) is 3.40. The highest BCUT2D eigenvalue weighted by molar-refractivity contribution is 5.37. The Bertz CT molecular complexity index is 493. The van der Waals surface area contributed by atoms with E-state index in [0.717, 1.165) is 37.1 Å². The highest BCUT2D eigenvalue weighted by Gasteiger charge is 2.40. The Kier molecular flexibility index (Phi) is 6.17. The third-order valence-electron chi connectivity index (χ3n) is 4.36. The first-order valence-electron chi connectivity index (χ1n) is 8.36. The summed E-state index contributed by atoms with van der Waals surface area (Å²) >= 11 is 0. The van der Waals surface area contributed by atoms with Gasteiger partial charge in [0.15, 0.2) is 0 Å². The zero-order chi connectivity index (χ0) is 15.8. The van der Waals surface area contributed by atoms with E-state index in [1.165, 1.54) is 0 Å². The lowest BCUT2D eigenvalue weighted by Gasteiger charge is -2.39. The van der Waals surface area contributed by atoms with Crippen molar-refractivity contribution in [2.75, 3.05) is 13.1 Å². The molecule has 1 aliphatic heterocycles. The van der Waals surface area contributed by atoms with Crippen LogP contribution in [0.1, 0.15) is 37.8 Å². The van der Waals surface area contributed by atoms with E-state index in [4.69, 9.17) is 0 Å². The van der Waals surface area contributed by atoms with Crippen molar-refractivity contribution in [3.63, 3.8) is 0 Å². The summed E-state index contributed by atoms with van der Waals surface area (Å²) in [7, 11) is 0. The molecule has 2 aromatic carbocycles. The molecule has 1 aliphatic rings. The Balaban J connectivity index is 0.000000847. The van der Waals surface area contributed by atoms with Crippen LogP contribution in [0.2, 0.25) is 0 Å². The second-order valence-electron chi connectivity index (χ2n) is 5.52. The van der Waals surface area contributed by atoms with Gasteiger partial charge in [0, 0.05) is 0 Å². The summed E-state index contributed by atoms with van der Waals surface area (Å²) < 4.78 is 0. The van der Waals surface area contributed by atoms with Crippen LogP contribution in [0, 0.1) is 5.92 Å². The molecular formula is C20H27NO. The van der Waals surface area contributed by atoms with Crippen molar-refractivity contribution >= 4 is 0 Å². The van der Waals surface area contributed by atoms with E-state index >= 15 is 0 Å². The van der Waals surface area contributed by atoms with Gasteiger partial charge in [0.1, 0.15) is 5.60 Å². The van der Waals surface area contributed by atoms with Crippen LogP contribution in [0.3, 0.4) is 0 Å². The summed E-state index contributed by atoms with van der Waals surface area (Å²) in [4.78, 5) is 0. The second kappa shape index (κ2) is 8.11. The fraction of sp³-hybridized carbons (Fsp3) is 0.400. The van der Waals surface area contributed by atoms with Crippen molar-refractivity contribution in [3.05, 3.63) is 71.8 Å². The van der Waals surface area contributed by atoms with Crippen LogP contribution in [-0.2, 0) is 5.60 Å². The van der Waals surface area contributed by atoms with Crippen LogP contribution in [0.4, 0.5) is 0 Å². The lowest BCUT2D eigenvalue weighted by Crippen LogP contribution is -2.42. The van der Waals surface area contributed by atoms with Crippen LogP contribution >= 0.6 is 0 Å². The van der Waals surface area contributed by atoms with Crippen LogP contribution < -0.4 is 5.32 Å². The van der Waals surface area contributed by atoms with Crippen LogP contribution in [0.25, 0.3) is 0 Å². The largest absolute Gasteiger partial charge is 0.380 e. The number of hydrogen-bond donors (Lipinski definition) is 2. The summed E-state index contributed by atoms with van der Waals surface area (Å²) in [5.41, 5.74) is 1.11. The zero-order valence-electron chi connectivity index (χ0n) is 13.6. The fourth-order valence-corrected chi connectivity index (χ4v) is 3.26. The van der Waals surface area contributed by atoms with E-state index in [2.05, 4.69) is 5.32 Å². The zero-order valence-corrected chi connectivity index (χ0v) is 13.6. The van der Waals surface area contributed by atoms with Crippen molar-refractivity contribution in [1.82, 2.24) is 5.32 Å². The van der Waals surface area contributed by atoms with Crippen molar-refractivity contribution in [3.8, 4) is 0 Å². The molecule has 0 unspecified atom stereocenters. The van der Waals surface area contributed by atoms with E-state index in [0.29, 0.717) is 0 Å². The van der Waals surface area contributed by atoms with Crippen LogP contribution in [0.15, 0.2) is 60.7 Å². The van der Waals surface area contributed by atoms with Crippen molar-refractivity contribution < 1.29 is 5.11 Å². The minimum Gasteiger partial charge on any atom is -0.380 e. The molecule has 2 heteroatoms. The number of hydrogen-bond acceptors (Lipinski definition) is 2. The third-order valence-corrected chi connectivity index (χ3v) is 4.36. The summed E-state index contributed by atoms with van der Waals surface area (Å²) in [6, 6.07) is 20.2. The minimum absolute atomic E-state index is 0.258. The molecule has 1 heterocycles. The molecule has 0 aromatic heterocycles. The quantitative estimate of drug-likeness (QED) is 0.899. The molecule has 0 bridgehead atoms. The van der Waals surface area contributed by atoms with E-state index in [9.17, 15) is 5.11 Å².